The Bertz CT molecular complexity index is 494. The number of nitrogens with zero attached hydrogens (tertiary/aromatic N) is 2. The van der Waals surface area contributed by atoms with Gasteiger partial charge in [0.05, 0.1) is 6.54 Å². The van der Waals surface area contributed by atoms with Crippen molar-refractivity contribution in [1.29, 1.82) is 0 Å². The summed E-state index contributed by atoms with van der Waals surface area (Å²) in [5, 5.41) is 0.922. The monoisotopic (exact) mass is 288 g/mol. The van der Waals surface area contributed by atoms with E-state index in [1.807, 2.05) is 23.1 Å². The molecule has 3 rings (SSSR count). The number of carbonyl (C=O) groups excluding carboxylic acids is 1. The lowest BCUT2D eigenvalue weighted by atomic mass is 10.1. The van der Waals surface area contributed by atoms with Gasteiger partial charge >= 0.3 is 0 Å². The molecule has 0 saturated heterocycles. The zero-order valence-electron chi connectivity index (χ0n) is 11.6. The number of amides is 1. The molecule has 1 aromatic rings. The molecule has 0 unspecified atom stereocenters. The molecule has 0 aromatic heterocycles. The molecule has 1 saturated carbocycles. The smallest absolute Gasteiger partial charge is 0.231 e. The molecule has 0 N–H and O–H groups in total. The topological polar surface area (TPSA) is 32.7 Å². The average Bonchev–Trinajstić information content (AvgIpc) is 3.17. The average molecular weight is 288 g/mol. The molecule has 0 atom stereocenters. The Labute approximate surface area is 124 Å². The molecule has 1 aromatic carbocycles. The molecule has 0 radical (unpaired) electrons. The first-order chi connectivity index (χ1) is 9.84. The Morgan fingerprint density at radius 1 is 1.25 bits per heavy atom. The summed E-state index contributed by atoms with van der Waals surface area (Å²) in [6.45, 7) is 1.53. The second-order valence-electron chi connectivity index (χ2n) is 5.41. The van der Waals surface area contributed by atoms with E-state index in [1.165, 1.54) is 18.4 Å². The predicted molar refractivity (Wildman–Crippen MR) is 83.7 cm³/mol. The molecule has 3 nitrogen and oxygen atoms in total. The summed E-state index contributed by atoms with van der Waals surface area (Å²) in [5.41, 5.74) is 1.28. The predicted octanol–water partition coefficient (Wildman–Crippen LogP) is 3.31. The van der Waals surface area contributed by atoms with E-state index in [0.717, 1.165) is 36.9 Å². The number of aliphatic imine (C=N–C) groups is 1. The molecule has 2 aliphatic rings. The van der Waals surface area contributed by atoms with Crippen LogP contribution in [0.5, 0.6) is 0 Å². The minimum Gasteiger partial charge on any atom is -0.289 e. The van der Waals surface area contributed by atoms with Gasteiger partial charge in [-0.1, -0.05) is 54.9 Å². The number of benzene rings is 1. The van der Waals surface area contributed by atoms with E-state index in [0.29, 0.717) is 5.91 Å². The van der Waals surface area contributed by atoms with Crippen LogP contribution in [-0.2, 0) is 10.5 Å². The van der Waals surface area contributed by atoms with Crippen molar-refractivity contribution in [3.8, 4) is 0 Å². The molecule has 20 heavy (non-hydrogen) atoms. The van der Waals surface area contributed by atoms with E-state index in [4.69, 9.17) is 0 Å². The van der Waals surface area contributed by atoms with Crippen LogP contribution in [0.4, 0.5) is 0 Å². The van der Waals surface area contributed by atoms with Crippen LogP contribution in [0.3, 0.4) is 0 Å². The third-order valence-electron chi connectivity index (χ3n) is 3.98. The van der Waals surface area contributed by atoms with Crippen LogP contribution in [0.15, 0.2) is 35.3 Å². The van der Waals surface area contributed by atoms with Crippen molar-refractivity contribution in [2.24, 2.45) is 10.9 Å². The van der Waals surface area contributed by atoms with Crippen LogP contribution in [0.25, 0.3) is 0 Å². The quantitative estimate of drug-likeness (QED) is 0.855. The summed E-state index contributed by atoms with van der Waals surface area (Å²) in [7, 11) is 0. The van der Waals surface area contributed by atoms with E-state index >= 15 is 0 Å². The van der Waals surface area contributed by atoms with Gasteiger partial charge in [-0.3, -0.25) is 14.7 Å². The number of thioether (sulfide) groups is 1. The zero-order valence-corrected chi connectivity index (χ0v) is 12.4. The molecule has 0 bridgehead atoms. The second kappa shape index (κ2) is 6.44. The van der Waals surface area contributed by atoms with E-state index in [9.17, 15) is 4.79 Å². The van der Waals surface area contributed by atoms with Gasteiger partial charge in [-0.25, -0.2) is 0 Å². The highest BCUT2D eigenvalue weighted by molar-refractivity contribution is 8.13. The Hall–Kier alpha value is -1.29. The van der Waals surface area contributed by atoms with Gasteiger partial charge < -0.3 is 0 Å². The maximum Gasteiger partial charge on any atom is 0.231 e. The molecule has 1 heterocycles. The summed E-state index contributed by atoms with van der Waals surface area (Å²) in [5.74, 6) is 1.43. The van der Waals surface area contributed by atoms with Crippen molar-refractivity contribution < 1.29 is 4.79 Å². The molecule has 1 amide bonds. The van der Waals surface area contributed by atoms with Gasteiger partial charge in [-0.2, -0.15) is 0 Å². The number of hydrogen-bond acceptors (Lipinski definition) is 3. The maximum atomic E-state index is 12.5. The highest BCUT2D eigenvalue weighted by atomic mass is 32.2. The van der Waals surface area contributed by atoms with Crippen molar-refractivity contribution in [2.45, 2.75) is 31.4 Å². The number of rotatable bonds is 3. The van der Waals surface area contributed by atoms with Gasteiger partial charge in [0.15, 0.2) is 5.17 Å². The molecule has 0 spiro atoms. The van der Waals surface area contributed by atoms with E-state index < -0.39 is 0 Å². The van der Waals surface area contributed by atoms with Crippen LogP contribution in [0.1, 0.15) is 31.2 Å². The van der Waals surface area contributed by atoms with Gasteiger partial charge in [-0.05, 0) is 18.4 Å². The minimum absolute atomic E-state index is 0.246. The molecular weight excluding hydrogens is 268 g/mol. The van der Waals surface area contributed by atoms with Crippen molar-refractivity contribution in [2.75, 3.05) is 13.1 Å². The zero-order chi connectivity index (χ0) is 13.8. The summed E-state index contributed by atoms with van der Waals surface area (Å²) in [6.07, 6.45) is 4.53. The molecule has 106 valence electrons. The first kappa shape index (κ1) is 13.7. The number of amidine groups is 1. The van der Waals surface area contributed by atoms with Crippen molar-refractivity contribution in [3.05, 3.63) is 35.9 Å². The van der Waals surface area contributed by atoms with E-state index in [-0.39, 0.29) is 5.92 Å². The second-order valence-corrected chi connectivity index (χ2v) is 6.35. The fourth-order valence-corrected chi connectivity index (χ4v) is 3.88. The standard InChI is InChI=1S/C16H20N2OS/c19-15(14-8-4-5-9-14)18-11-10-17-16(18)20-12-13-6-2-1-3-7-13/h1-3,6-7,14H,4-5,8-12H2. The lowest BCUT2D eigenvalue weighted by Crippen LogP contribution is -2.36. The number of carbonyl (C=O) groups is 1. The first-order valence-corrected chi connectivity index (χ1v) is 8.36. The lowest BCUT2D eigenvalue weighted by Gasteiger charge is -2.21. The summed E-state index contributed by atoms with van der Waals surface area (Å²) in [4.78, 5) is 18.9. The molecular formula is C16H20N2OS. The Morgan fingerprint density at radius 3 is 2.75 bits per heavy atom. The fourth-order valence-electron chi connectivity index (χ4n) is 2.87. The lowest BCUT2D eigenvalue weighted by molar-refractivity contribution is -0.130. The van der Waals surface area contributed by atoms with Crippen molar-refractivity contribution >= 4 is 22.8 Å². The van der Waals surface area contributed by atoms with Crippen molar-refractivity contribution in [3.63, 3.8) is 0 Å². The highest BCUT2D eigenvalue weighted by Gasteiger charge is 2.31. The first-order valence-electron chi connectivity index (χ1n) is 7.37. The van der Waals surface area contributed by atoms with Crippen LogP contribution in [0.2, 0.25) is 0 Å². The van der Waals surface area contributed by atoms with Crippen LogP contribution < -0.4 is 0 Å². The maximum absolute atomic E-state index is 12.5. The summed E-state index contributed by atoms with van der Waals surface area (Å²) in [6, 6.07) is 10.4. The summed E-state index contributed by atoms with van der Waals surface area (Å²) >= 11 is 1.69. The molecule has 4 heteroatoms. The molecule has 1 aliphatic heterocycles. The normalized spacial score (nSPS) is 19.4. The van der Waals surface area contributed by atoms with Gasteiger partial charge in [0.25, 0.3) is 0 Å². The van der Waals surface area contributed by atoms with Crippen LogP contribution in [0, 0.1) is 5.92 Å². The SMILES string of the molecule is O=C(C1CCCC1)N1CCN=C1SCc1ccccc1. The van der Waals surface area contributed by atoms with Crippen LogP contribution in [-0.4, -0.2) is 29.1 Å². The third kappa shape index (κ3) is 3.06. The van der Waals surface area contributed by atoms with E-state index in [1.54, 1.807) is 11.8 Å². The Balaban J connectivity index is 1.59. The van der Waals surface area contributed by atoms with Crippen LogP contribution >= 0.6 is 11.8 Å². The molecule has 1 fully saturated rings. The van der Waals surface area contributed by atoms with Gasteiger partial charge in [0, 0.05) is 18.2 Å². The largest absolute Gasteiger partial charge is 0.289 e. The van der Waals surface area contributed by atoms with E-state index in [2.05, 4.69) is 17.1 Å². The Kier molecular flexibility index (Phi) is 4.41. The van der Waals surface area contributed by atoms with Gasteiger partial charge in [0.1, 0.15) is 0 Å². The van der Waals surface area contributed by atoms with Gasteiger partial charge in [-0.15, -0.1) is 0 Å². The minimum atomic E-state index is 0.246. The Morgan fingerprint density at radius 2 is 2.00 bits per heavy atom. The fraction of sp³-hybridized carbons (Fsp3) is 0.500. The number of hydrogen-bond donors (Lipinski definition) is 0. The molecule has 1 aliphatic carbocycles. The van der Waals surface area contributed by atoms with Gasteiger partial charge in [0.2, 0.25) is 5.91 Å². The highest BCUT2D eigenvalue weighted by Crippen LogP contribution is 2.29. The summed E-state index contributed by atoms with van der Waals surface area (Å²) < 4.78 is 0. The van der Waals surface area contributed by atoms with Crippen molar-refractivity contribution in [1.82, 2.24) is 4.90 Å². The third-order valence-corrected chi connectivity index (χ3v) is 5.07.